The maximum Gasteiger partial charge on any atom is 0.416 e. The van der Waals surface area contributed by atoms with E-state index in [-0.39, 0.29) is 5.69 Å². The molecule has 0 unspecified atom stereocenters. The largest absolute Gasteiger partial charge is 0.416 e. The van der Waals surface area contributed by atoms with Gasteiger partial charge >= 0.3 is 6.18 Å². The van der Waals surface area contributed by atoms with E-state index in [1.54, 1.807) is 0 Å². The average Bonchev–Trinajstić information content (AvgIpc) is 2.39. The Morgan fingerprint density at radius 2 is 1.80 bits per heavy atom. The number of halogens is 4. The van der Waals surface area contributed by atoms with Gasteiger partial charge in [0.15, 0.2) is 0 Å². The first kappa shape index (κ1) is 13.9. The SMILES string of the molecule is O=C(Nc1cncnc1)c1cc(C(F)(F)F)ccc1F. The minimum absolute atomic E-state index is 0.148. The van der Waals surface area contributed by atoms with Gasteiger partial charge in [-0.05, 0) is 18.2 Å². The zero-order chi connectivity index (χ0) is 14.8. The van der Waals surface area contributed by atoms with E-state index in [2.05, 4.69) is 15.3 Å². The van der Waals surface area contributed by atoms with E-state index in [4.69, 9.17) is 0 Å². The summed E-state index contributed by atoms with van der Waals surface area (Å²) < 4.78 is 51.0. The van der Waals surface area contributed by atoms with Gasteiger partial charge in [-0.15, -0.1) is 0 Å². The number of anilines is 1. The lowest BCUT2D eigenvalue weighted by Crippen LogP contribution is -2.16. The van der Waals surface area contributed by atoms with E-state index in [0.717, 1.165) is 0 Å². The first-order chi connectivity index (χ1) is 9.38. The van der Waals surface area contributed by atoms with Crippen LogP contribution in [0, 0.1) is 5.82 Å². The predicted molar refractivity (Wildman–Crippen MR) is 61.4 cm³/mol. The minimum Gasteiger partial charge on any atom is -0.319 e. The third-order valence-electron chi connectivity index (χ3n) is 2.36. The van der Waals surface area contributed by atoms with Gasteiger partial charge in [0.1, 0.15) is 12.1 Å². The van der Waals surface area contributed by atoms with Crippen molar-refractivity contribution >= 4 is 11.6 Å². The number of carbonyl (C=O) groups is 1. The Morgan fingerprint density at radius 1 is 1.15 bits per heavy atom. The molecule has 0 spiro atoms. The monoisotopic (exact) mass is 285 g/mol. The van der Waals surface area contributed by atoms with E-state index in [1.807, 2.05) is 0 Å². The second-order valence-electron chi connectivity index (χ2n) is 3.77. The fourth-order valence-electron chi connectivity index (χ4n) is 1.44. The van der Waals surface area contributed by atoms with Crippen LogP contribution in [-0.2, 0) is 6.18 Å². The zero-order valence-electron chi connectivity index (χ0n) is 9.78. The van der Waals surface area contributed by atoms with Crippen LogP contribution in [0.2, 0.25) is 0 Å². The molecule has 1 aromatic carbocycles. The van der Waals surface area contributed by atoms with Gasteiger partial charge in [-0.1, -0.05) is 0 Å². The molecule has 1 aromatic heterocycles. The molecule has 2 rings (SSSR count). The molecule has 8 heteroatoms. The lowest BCUT2D eigenvalue weighted by Gasteiger charge is -2.10. The number of hydrogen-bond donors (Lipinski definition) is 1. The highest BCUT2D eigenvalue weighted by Crippen LogP contribution is 2.30. The molecule has 1 amide bonds. The Balaban J connectivity index is 2.30. The molecule has 1 N–H and O–H groups in total. The molecule has 0 atom stereocenters. The van der Waals surface area contributed by atoms with Crippen LogP contribution in [-0.4, -0.2) is 15.9 Å². The van der Waals surface area contributed by atoms with Crippen LogP contribution < -0.4 is 5.32 Å². The van der Waals surface area contributed by atoms with Gasteiger partial charge in [0.05, 0.1) is 29.2 Å². The summed E-state index contributed by atoms with van der Waals surface area (Å²) in [4.78, 5) is 19.0. The summed E-state index contributed by atoms with van der Waals surface area (Å²) in [5.41, 5.74) is -1.66. The van der Waals surface area contributed by atoms with Crippen LogP contribution in [0.4, 0.5) is 23.2 Å². The van der Waals surface area contributed by atoms with Crippen molar-refractivity contribution in [2.45, 2.75) is 6.18 Å². The Hall–Kier alpha value is -2.51. The van der Waals surface area contributed by atoms with Crippen molar-refractivity contribution in [3.63, 3.8) is 0 Å². The predicted octanol–water partition coefficient (Wildman–Crippen LogP) is 2.89. The van der Waals surface area contributed by atoms with Gasteiger partial charge < -0.3 is 5.32 Å². The summed E-state index contributed by atoms with van der Waals surface area (Å²) in [6.45, 7) is 0. The molecule has 0 aliphatic heterocycles. The van der Waals surface area contributed by atoms with Crippen LogP contribution in [0.15, 0.2) is 36.9 Å². The number of carbonyl (C=O) groups excluding carboxylic acids is 1. The molecular formula is C12H7F4N3O. The molecule has 0 fully saturated rings. The number of hydrogen-bond acceptors (Lipinski definition) is 3. The molecule has 0 radical (unpaired) electrons. The number of aromatic nitrogens is 2. The molecule has 0 aliphatic carbocycles. The van der Waals surface area contributed by atoms with E-state index in [0.29, 0.717) is 18.2 Å². The van der Waals surface area contributed by atoms with E-state index in [1.165, 1.54) is 18.7 Å². The Morgan fingerprint density at radius 3 is 2.40 bits per heavy atom. The minimum atomic E-state index is -4.65. The first-order valence-corrected chi connectivity index (χ1v) is 5.31. The second-order valence-corrected chi connectivity index (χ2v) is 3.77. The number of nitrogens with zero attached hydrogens (tertiary/aromatic N) is 2. The molecule has 4 nitrogen and oxygen atoms in total. The normalized spacial score (nSPS) is 11.2. The lowest BCUT2D eigenvalue weighted by atomic mass is 10.1. The fourth-order valence-corrected chi connectivity index (χ4v) is 1.44. The summed E-state index contributed by atoms with van der Waals surface area (Å²) in [6, 6.07) is 1.62. The third-order valence-corrected chi connectivity index (χ3v) is 2.36. The lowest BCUT2D eigenvalue weighted by molar-refractivity contribution is -0.137. The summed E-state index contributed by atoms with van der Waals surface area (Å²) in [5.74, 6) is -2.06. The van der Waals surface area contributed by atoms with Gasteiger partial charge in [-0.3, -0.25) is 4.79 Å². The van der Waals surface area contributed by atoms with Gasteiger partial charge in [-0.25, -0.2) is 14.4 Å². The van der Waals surface area contributed by atoms with Gasteiger partial charge in [0.2, 0.25) is 0 Å². The van der Waals surface area contributed by atoms with Gasteiger partial charge in [0.25, 0.3) is 5.91 Å². The molecule has 104 valence electrons. The van der Waals surface area contributed by atoms with Crippen LogP contribution >= 0.6 is 0 Å². The fraction of sp³-hybridized carbons (Fsp3) is 0.0833. The number of alkyl halides is 3. The zero-order valence-corrected chi connectivity index (χ0v) is 9.78. The Labute approximate surface area is 110 Å². The van der Waals surface area contributed by atoms with Crippen molar-refractivity contribution in [3.05, 3.63) is 53.9 Å². The Kier molecular flexibility index (Phi) is 3.64. The maximum absolute atomic E-state index is 13.5. The van der Waals surface area contributed by atoms with Crippen molar-refractivity contribution in [2.75, 3.05) is 5.32 Å². The van der Waals surface area contributed by atoms with Crippen LogP contribution in [0.1, 0.15) is 15.9 Å². The van der Waals surface area contributed by atoms with Crippen molar-refractivity contribution in [2.24, 2.45) is 0 Å². The maximum atomic E-state index is 13.5. The highest BCUT2D eigenvalue weighted by molar-refractivity contribution is 6.04. The van der Waals surface area contributed by atoms with Crippen LogP contribution in [0.25, 0.3) is 0 Å². The van der Waals surface area contributed by atoms with Crippen molar-refractivity contribution in [1.82, 2.24) is 9.97 Å². The van der Waals surface area contributed by atoms with E-state index in [9.17, 15) is 22.4 Å². The Bertz CT molecular complexity index is 628. The first-order valence-electron chi connectivity index (χ1n) is 5.31. The van der Waals surface area contributed by atoms with Crippen molar-refractivity contribution in [1.29, 1.82) is 0 Å². The number of amides is 1. The molecule has 20 heavy (non-hydrogen) atoms. The topological polar surface area (TPSA) is 54.9 Å². The van der Waals surface area contributed by atoms with E-state index < -0.39 is 29.0 Å². The standard InChI is InChI=1S/C12H7F4N3O/c13-10-2-1-7(12(14,15)16)3-9(10)11(20)19-8-4-17-6-18-5-8/h1-6H,(H,19,20). The molecule has 0 saturated carbocycles. The molecular weight excluding hydrogens is 278 g/mol. The molecule has 0 saturated heterocycles. The molecule has 0 aliphatic rings. The third kappa shape index (κ3) is 3.08. The molecule has 1 heterocycles. The summed E-state index contributed by atoms with van der Waals surface area (Å²) >= 11 is 0. The molecule has 2 aromatic rings. The second kappa shape index (κ2) is 5.24. The van der Waals surface area contributed by atoms with Crippen molar-refractivity contribution in [3.8, 4) is 0 Å². The number of nitrogens with one attached hydrogen (secondary N) is 1. The summed E-state index contributed by atoms with van der Waals surface area (Å²) in [5, 5.41) is 2.21. The quantitative estimate of drug-likeness (QED) is 0.863. The smallest absolute Gasteiger partial charge is 0.319 e. The summed E-state index contributed by atoms with van der Waals surface area (Å²) in [6.07, 6.45) is -0.980. The highest BCUT2D eigenvalue weighted by Gasteiger charge is 2.31. The van der Waals surface area contributed by atoms with Crippen molar-refractivity contribution < 1.29 is 22.4 Å². The number of benzene rings is 1. The van der Waals surface area contributed by atoms with Crippen LogP contribution in [0.3, 0.4) is 0 Å². The molecule has 0 bridgehead atoms. The van der Waals surface area contributed by atoms with Crippen LogP contribution in [0.5, 0.6) is 0 Å². The van der Waals surface area contributed by atoms with Gasteiger partial charge in [-0.2, -0.15) is 13.2 Å². The average molecular weight is 285 g/mol. The van der Waals surface area contributed by atoms with E-state index >= 15 is 0 Å². The summed E-state index contributed by atoms with van der Waals surface area (Å²) in [7, 11) is 0. The van der Waals surface area contributed by atoms with Gasteiger partial charge in [0, 0.05) is 0 Å². The highest BCUT2D eigenvalue weighted by atomic mass is 19.4. The number of rotatable bonds is 2.